The second-order valence-electron chi connectivity index (χ2n) is 23.5. The molecule has 21 saturated heterocycles. The van der Waals surface area contributed by atoms with E-state index in [1.165, 1.54) is 0 Å². The van der Waals surface area contributed by atoms with Crippen molar-refractivity contribution in [3.8, 4) is 36.1 Å². The fraction of sp³-hybridized carbons (Fsp3) is 0.824. The van der Waals surface area contributed by atoms with E-state index in [4.69, 9.17) is 115 Å². The molecule has 0 spiro atoms. The van der Waals surface area contributed by atoms with E-state index < -0.39 is 313 Å². The normalized spacial score (nSPS) is 43.5. The topological polar surface area (TPSA) is 706 Å². The molecule has 35 atom stereocenters. The van der Waals surface area contributed by atoms with Gasteiger partial charge in [0.05, 0.1) is 44.5 Å². The number of nitrogens with zero attached hydrogens (tertiary/aromatic N) is 9. The summed E-state index contributed by atoms with van der Waals surface area (Å²) in [5.41, 5.74) is 0. The third-order valence-electron chi connectivity index (χ3n) is 17.1. The van der Waals surface area contributed by atoms with Crippen molar-refractivity contribution in [3.05, 3.63) is 15.9 Å². The Morgan fingerprint density at radius 3 is 0.577 bits per heavy atom. The molecule has 21 aliphatic rings. The van der Waals surface area contributed by atoms with Crippen molar-refractivity contribution in [2.45, 2.75) is 215 Å². The molecular formula is C51H67Cl3N9Na3O38. The minimum Gasteiger partial charge on any atom is -0.844 e. The van der Waals surface area contributed by atoms with E-state index in [-0.39, 0.29) is 88.7 Å². The first-order valence-corrected chi connectivity index (χ1v) is 31.5. The zero-order valence-corrected chi connectivity index (χ0v) is 62.3. The molecule has 21 fully saturated rings. The van der Waals surface area contributed by atoms with Gasteiger partial charge in [-0.15, -0.1) is 0 Å². The maximum absolute atomic E-state index is 12.2. The number of rotatable bonds is 13. The Kier molecular flexibility index (Phi) is 32.4. The molecule has 0 unspecified atom stereocenters. The molecule has 568 valence electrons. The van der Waals surface area contributed by atoms with Gasteiger partial charge in [-0.1, -0.05) is 0 Å². The van der Waals surface area contributed by atoms with Crippen LogP contribution in [0.4, 0.5) is 0 Å². The molecule has 0 aromatic carbocycles. The van der Waals surface area contributed by atoms with E-state index in [0.717, 1.165) is 0 Å². The van der Waals surface area contributed by atoms with Gasteiger partial charge in [0.1, 0.15) is 191 Å². The van der Waals surface area contributed by atoms with Crippen LogP contribution in [0.5, 0.6) is 36.1 Å². The van der Waals surface area contributed by atoms with Crippen molar-refractivity contribution in [2.24, 2.45) is 0 Å². The summed E-state index contributed by atoms with van der Waals surface area (Å²) in [6.07, 6.45) is -76.1. The van der Waals surface area contributed by atoms with Crippen molar-refractivity contribution in [1.82, 2.24) is 44.9 Å². The van der Waals surface area contributed by atoms with Gasteiger partial charge in [-0.3, -0.25) is 0 Å². The van der Waals surface area contributed by atoms with Gasteiger partial charge in [0.25, 0.3) is 0 Å². The van der Waals surface area contributed by atoms with E-state index >= 15 is 0 Å². The molecule has 104 heavy (non-hydrogen) atoms. The fourth-order valence-corrected chi connectivity index (χ4v) is 12.4. The monoisotopic (exact) mass is 1590 g/mol. The SMILES string of the molecule is [Na+].[Na+].[Na+].[O-]c1nc(Cl)nc(OC[C@H]2O[C@@H]3O[C@H]4[C@H](O)[C@@H](O)[C@@H](O[C@H]5[C@H](O)[C@@H](O)[C@@H](O[C@H]6[C@H](O)[C@@H](O)[C@@H](O[C@H]7[C@H](O)[C@@H](O)[C@@H](O[C@H]8[C@H](O)[C@@H](O)[C@@H](O[C@H]9[C@H](O)[C@@H](O)[C@@H](O[C@H]2[C@H](O)[C@H]3O)O[C@@H]9CO)O[C@@H]8CO)O[C@@H]7COc2nc([O-])nc(Cl)n2)O[C@@H]6COc2nc([O-])nc(Cl)n2)O[C@@H]5CO)O[C@@H]4CO)n1. The molecule has 0 saturated carbocycles. The summed E-state index contributed by atoms with van der Waals surface area (Å²) < 4.78 is 99.1. The number of ether oxygens (including phenoxy) is 17. The molecule has 0 radical (unpaired) electrons. The van der Waals surface area contributed by atoms with Crippen LogP contribution in [-0.2, 0) is 66.3 Å². The van der Waals surface area contributed by atoms with E-state index in [1.807, 2.05) is 0 Å². The number of aromatic nitrogens is 9. The van der Waals surface area contributed by atoms with Gasteiger partial charge in [0, 0.05) is 0 Å². The van der Waals surface area contributed by atoms with Crippen LogP contribution in [0.2, 0.25) is 15.9 Å². The molecule has 24 rings (SSSR count). The van der Waals surface area contributed by atoms with Crippen molar-refractivity contribution in [1.29, 1.82) is 0 Å². The minimum absolute atomic E-state index is 0. The Bertz CT molecular complexity index is 3110. The summed E-state index contributed by atoms with van der Waals surface area (Å²) in [7, 11) is 0. The van der Waals surface area contributed by atoms with Gasteiger partial charge >= 0.3 is 107 Å². The van der Waals surface area contributed by atoms with E-state index in [2.05, 4.69) is 44.9 Å². The predicted molar refractivity (Wildman–Crippen MR) is 297 cm³/mol. The largest absolute Gasteiger partial charge is 1.00 e. The molecule has 0 amide bonds. The van der Waals surface area contributed by atoms with Crippen molar-refractivity contribution in [3.63, 3.8) is 0 Å². The van der Waals surface area contributed by atoms with Gasteiger partial charge in [-0.25, -0.2) is 15.0 Å². The van der Waals surface area contributed by atoms with Crippen LogP contribution in [-0.4, -0.2) is 398 Å². The molecular weight excluding hydrogens is 1520 g/mol. The van der Waals surface area contributed by atoms with Crippen LogP contribution in [0, 0.1) is 0 Å². The standard InChI is InChI=1S/C51H70Cl3N9O38.3Na/c52-43-55-46(82)61-49(58-43)85-5-12-33-19(72)26(79)40(92-12)97-31-10(3-66)88-36(22(75)15(31)68)96-30-9(2-65)91-39(25(78)18(30)71)100-34-13(6-86-50-59-44(53)56-47(83)62-50)94-42(28(81)21(34)74)101-35-14(7-87-51-60-45(54)57-48(84)63-51)93-41(27(80)20(35)73)98-32-11(4-67)89-37(23(76)16(32)69)95-29-8(1-64)90-38(99-33)24(77)17(29)70;;;/h8-42,64-81H,1-7H2,(H,55,58,61,82)(H,56,59,62,83)(H,57,60,63,84);;;/q;3*+1/p-3/t8-,9-,10-,11-,12-,13-,14-,15-,16-,17-,18-,19-,20-,21-,22-,23-,24-,25-,26-,27-,28-,29-,30-,31-,32-,33-,34-,35-,36-,37-,38-,39-,40-,41-,42-;;;/m1.../s1. The number of hydrogen-bond acceptors (Lipinski definition) is 47. The summed E-state index contributed by atoms with van der Waals surface area (Å²) in [5.74, 6) is 0. The van der Waals surface area contributed by atoms with Crippen molar-refractivity contribution < 1.29 is 276 Å². The van der Waals surface area contributed by atoms with Gasteiger partial charge in [0.2, 0.25) is 15.9 Å². The summed E-state index contributed by atoms with van der Waals surface area (Å²) in [6, 6.07) is -5.98. The molecule has 47 nitrogen and oxygen atoms in total. The Balaban J connectivity index is 0.00000456. The Morgan fingerprint density at radius 2 is 0.413 bits per heavy atom. The smallest absolute Gasteiger partial charge is 0.844 e. The number of aliphatic hydroxyl groups excluding tert-OH is 18. The molecule has 21 aliphatic heterocycles. The van der Waals surface area contributed by atoms with E-state index in [9.17, 15) is 107 Å². The van der Waals surface area contributed by atoms with Crippen LogP contribution in [0.3, 0.4) is 0 Å². The molecule has 24 heterocycles. The maximum atomic E-state index is 12.2. The molecule has 3 aromatic heterocycles. The minimum atomic E-state index is -2.41. The van der Waals surface area contributed by atoms with Gasteiger partial charge in [-0.05, 0) is 34.8 Å². The number of halogens is 3. The molecule has 3 aromatic rings. The average Bonchev–Trinajstić information content (AvgIpc) is 0.777. The summed E-state index contributed by atoms with van der Waals surface area (Å²) in [6.45, 7) is -7.54. The first kappa shape index (κ1) is 88.0. The van der Waals surface area contributed by atoms with Crippen LogP contribution in [0.15, 0.2) is 0 Å². The molecule has 53 heteroatoms. The van der Waals surface area contributed by atoms with Crippen LogP contribution in [0.25, 0.3) is 0 Å². The first-order chi connectivity index (χ1) is 48.1. The van der Waals surface area contributed by atoms with Crippen molar-refractivity contribution >= 4 is 34.8 Å². The Hall–Kier alpha value is -1.58. The number of hydrogen-bond donors (Lipinski definition) is 18. The summed E-state index contributed by atoms with van der Waals surface area (Å²) in [5, 5.41) is 242. The fourth-order valence-electron chi connectivity index (χ4n) is 12.0. The third-order valence-corrected chi connectivity index (χ3v) is 17.6. The predicted octanol–water partition coefficient (Wildman–Crippen LogP) is -24.2. The van der Waals surface area contributed by atoms with Gasteiger partial charge in [0.15, 0.2) is 44.0 Å². The Morgan fingerprint density at radius 1 is 0.250 bits per heavy atom. The zero-order chi connectivity index (χ0) is 72.7. The quantitative estimate of drug-likeness (QED) is 0.0707. The first-order valence-electron chi connectivity index (χ1n) is 30.4. The third kappa shape index (κ3) is 19.5. The van der Waals surface area contributed by atoms with E-state index in [0.29, 0.717) is 0 Å². The molecule has 18 N–H and O–H groups in total. The molecule has 0 aliphatic carbocycles. The average molecular weight is 1590 g/mol. The number of aliphatic hydroxyl groups is 18. The van der Waals surface area contributed by atoms with E-state index in [1.54, 1.807) is 0 Å². The zero-order valence-electron chi connectivity index (χ0n) is 54.0. The van der Waals surface area contributed by atoms with Gasteiger partial charge in [-0.2, -0.15) is 29.9 Å². The van der Waals surface area contributed by atoms with Crippen LogP contribution >= 0.6 is 34.8 Å². The van der Waals surface area contributed by atoms with Gasteiger partial charge < -0.3 is 188 Å². The van der Waals surface area contributed by atoms with Crippen LogP contribution in [0.1, 0.15) is 0 Å². The second kappa shape index (κ2) is 38.3. The maximum Gasteiger partial charge on any atom is 1.00 e. The second-order valence-corrected chi connectivity index (χ2v) is 24.6. The van der Waals surface area contributed by atoms with Crippen molar-refractivity contribution in [2.75, 3.05) is 46.2 Å². The van der Waals surface area contributed by atoms with Crippen LogP contribution < -0.4 is 118 Å². The summed E-state index contributed by atoms with van der Waals surface area (Å²) in [4.78, 5) is 31.3. The Labute approximate surface area is 664 Å². The molecule has 14 bridgehead atoms. The summed E-state index contributed by atoms with van der Waals surface area (Å²) >= 11 is 17.6.